The lowest BCUT2D eigenvalue weighted by molar-refractivity contribution is 0.0514. The molecule has 4 rings (SSSR count). The Hall–Kier alpha value is -1.82. The molecule has 2 aliphatic rings. The fourth-order valence-corrected chi connectivity index (χ4v) is 3.95. The zero-order chi connectivity index (χ0) is 15.3. The van der Waals surface area contributed by atoms with Gasteiger partial charge in [0.1, 0.15) is 5.76 Å². The lowest BCUT2D eigenvalue weighted by Gasteiger charge is -2.38. The smallest absolute Gasteiger partial charge is 0.276 e. The monoisotopic (exact) mass is 320 g/mol. The molecular weight excluding hydrogens is 304 g/mol. The maximum atomic E-state index is 12.7. The third-order valence-electron chi connectivity index (χ3n) is 4.73. The molecule has 2 aromatic heterocycles. The first-order valence-electron chi connectivity index (χ1n) is 7.57. The lowest BCUT2D eigenvalue weighted by Crippen LogP contribution is -2.47. The van der Waals surface area contributed by atoms with Gasteiger partial charge in [-0.3, -0.25) is 9.48 Å². The number of halogens is 1. The summed E-state index contributed by atoms with van der Waals surface area (Å²) in [5, 5.41) is 8.84. The molecule has 0 spiro atoms. The Kier molecular flexibility index (Phi) is 3.22. The molecular formula is C15H17ClN4O2. The maximum absolute atomic E-state index is 12.7. The van der Waals surface area contributed by atoms with Crippen LogP contribution in [0.5, 0.6) is 0 Å². The van der Waals surface area contributed by atoms with Crippen LogP contribution in [0.15, 0.2) is 23.0 Å². The number of hydrogen-bond acceptors (Lipinski definition) is 4. The molecule has 2 aliphatic heterocycles. The van der Waals surface area contributed by atoms with Crippen LogP contribution in [0, 0.1) is 6.92 Å². The topological polar surface area (TPSA) is 64.2 Å². The van der Waals surface area contributed by atoms with E-state index in [1.807, 2.05) is 15.8 Å². The van der Waals surface area contributed by atoms with Gasteiger partial charge in [-0.15, -0.1) is 0 Å². The van der Waals surface area contributed by atoms with E-state index in [4.69, 9.17) is 16.1 Å². The minimum Gasteiger partial charge on any atom is -0.361 e. The normalized spacial score (nSPS) is 27.4. The summed E-state index contributed by atoms with van der Waals surface area (Å²) in [4.78, 5) is 14.7. The number of aromatic nitrogens is 3. The van der Waals surface area contributed by atoms with E-state index in [2.05, 4.69) is 10.3 Å². The highest BCUT2D eigenvalue weighted by Gasteiger charge is 2.44. The predicted octanol–water partition coefficient (Wildman–Crippen LogP) is 2.84. The van der Waals surface area contributed by atoms with Crippen LogP contribution in [-0.4, -0.2) is 37.8 Å². The maximum Gasteiger partial charge on any atom is 0.276 e. The van der Waals surface area contributed by atoms with E-state index in [1.54, 1.807) is 19.2 Å². The zero-order valence-corrected chi connectivity index (χ0v) is 13.0. The van der Waals surface area contributed by atoms with Crippen LogP contribution in [0.2, 0.25) is 5.02 Å². The average Bonchev–Trinajstić information content (AvgIpc) is 3.17. The van der Waals surface area contributed by atoms with Gasteiger partial charge in [-0.25, -0.2) is 0 Å². The number of nitrogens with zero attached hydrogens (tertiary/aromatic N) is 4. The molecule has 2 bridgehead atoms. The summed E-state index contributed by atoms with van der Waals surface area (Å²) in [5.41, 5.74) is 0.412. The van der Waals surface area contributed by atoms with Gasteiger partial charge in [0, 0.05) is 24.3 Å². The van der Waals surface area contributed by atoms with Crippen molar-refractivity contribution >= 4 is 17.5 Å². The van der Waals surface area contributed by atoms with Crippen molar-refractivity contribution in [2.45, 2.75) is 50.7 Å². The number of carbonyl (C=O) groups excluding carboxylic acids is 1. The Bertz CT molecular complexity index is 696. The van der Waals surface area contributed by atoms with E-state index in [9.17, 15) is 4.79 Å². The molecule has 2 fully saturated rings. The second kappa shape index (κ2) is 5.12. The van der Waals surface area contributed by atoms with Crippen LogP contribution in [0.4, 0.5) is 0 Å². The first-order valence-corrected chi connectivity index (χ1v) is 7.95. The van der Waals surface area contributed by atoms with Gasteiger partial charge in [0.2, 0.25) is 0 Å². The SMILES string of the molecule is Cc1cc(C(=O)N2C3CCC2CC(n2cc(Cl)cn2)C3)no1. The van der Waals surface area contributed by atoms with Crippen molar-refractivity contribution in [2.24, 2.45) is 0 Å². The van der Waals surface area contributed by atoms with Gasteiger partial charge < -0.3 is 9.42 Å². The van der Waals surface area contributed by atoms with Crippen molar-refractivity contribution in [1.29, 1.82) is 0 Å². The molecule has 2 atom stereocenters. The molecule has 4 heterocycles. The minimum atomic E-state index is -0.0127. The highest BCUT2D eigenvalue weighted by atomic mass is 35.5. The van der Waals surface area contributed by atoms with Crippen molar-refractivity contribution in [1.82, 2.24) is 19.8 Å². The molecule has 22 heavy (non-hydrogen) atoms. The number of amides is 1. The first kappa shape index (κ1) is 13.8. The number of fused-ring (bicyclic) bond motifs is 2. The molecule has 7 heteroatoms. The molecule has 2 aromatic rings. The summed E-state index contributed by atoms with van der Waals surface area (Å²) in [7, 11) is 0. The van der Waals surface area contributed by atoms with E-state index >= 15 is 0 Å². The highest BCUT2D eigenvalue weighted by Crippen LogP contribution is 2.41. The molecule has 2 saturated heterocycles. The van der Waals surface area contributed by atoms with E-state index in [-0.39, 0.29) is 18.0 Å². The molecule has 0 aromatic carbocycles. The Balaban J connectivity index is 1.55. The van der Waals surface area contributed by atoms with Crippen LogP contribution >= 0.6 is 11.6 Å². The van der Waals surface area contributed by atoms with Crippen molar-refractivity contribution in [3.8, 4) is 0 Å². The summed E-state index contributed by atoms with van der Waals surface area (Å²) in [6.45, 7) is 1.80. The molecule has 0 radical (unpaired) electrons. The van der Waals surface area contributed by atoms with Gasteiger partial charge in [0.25, 0.3) is 5.91 Å². The van der Waals surface area contributed by atoms with Crippen LogP contribution in [0.25, 0.3) is 0 Å². The molecule has 1 amide bonds. The van der Waals surface area contributed by atoms with Crippen molar-refractivity contribution in [3.05, 3.63) is 34.9 Å². The van der Waals surface area contributed by atoms with Crippen LogP contribution in [0.3, 0.4) is 0 Å². The fraction of sp³-hybridized carbons (Fsp3) is 0.533. The van der Waals surface area contributed by atoms with Crippen LogP contribution in [0.1, 0.15) is 48.0 Å². The van der Waals surface area contributed by atoms with Crippen molar-refractivity contribution in [3.63, 3.8) is 0 Å². The molecule has 0 N–H and O–H groups in total. The average molecular weight is 321 g/mol. The van der Waals surface area contributed by atoms with Gasteiger partial charge in [-0.1, -0.05) is 16.8 Å². The minimum absolute atomic E-state index is 0.0127. The summed E-state index contributed by atoms with van der Waals surface area (Å²) in [6, 6.07) is 2.52. The second-order valence-electron chi connectivity index (χ2n) is 6.18. The van der Waals surface area contributed by atoms with E-state index < -0.39 is 0 Å². The first-order chi connectivity index (χ1) is 10.6. The standard InChI is InChI=1S/C15H17ClN4O2/c1-9-4-14(18-22-9)15(21)20-11-2-3-12(20)6-13(5-11)19-8-10(16)7-17-19/h4,7-8,11-13H,2-3,5-6H2,1H3. The summed E-state index contributed by atoms with van der Waals surface area (Å²) in [6.07, 6.45) is 7.44. The highest BCUT2D eigenvalue weighted by molar-refractivity contribution is 6.30. The van der Waals surface area contributed by atoms with Crippen LogP contribution in [-0.2, 0) is 0 Å². The zero-order valence-electron chi connectivity index (χ0n) is 12.3. The number of aryl methyl sites for hydroxylation is 1. The number of rotatable bonds is 2. The number of carbonyl (C=O) groups is 1. The van der Waals surface area contributed by atoms with E-state index in [0.29, 0.717) is 22.5 Å². The summed E-state index contributed by atoms with van der Waals surface area (Å²) in [5.74, 6) is 0.651. The Morgan fingerprint density at radius 1 is 1.32 bits per heavy atom. The van der Waals surface area contributed by atoms with Gasteiger partial charge in [-0.05, 0) is 32.6 Å². The van der Waals surface area contributed by atoms with Crippen molar-refractivity contribution in [2.75, 3.05) is 0 Å². The number of hydrogen-bond donors (Lipinski definition) is 0. The van der Waals surface area contributed by atoms with Gasteiger partial charge in [0.15, 0.2) is 5.69 Å². The summed E-state index contributed by atoms with van der Waals surface area (Å²) >= 11 is 5.96. The Labute approximate surface area is 133 Å². The van der Waals surface area contributed by atoms with Gasteiger partial charge in [-0.2, -0.15) is 5.10 Å². The van der Waals surface area contributed by atoms with Crippen LogP contribution < -0.4 is 0 Å². The van der Waals surface area contributed by atoms with E-state index in [1.165, 1.54) is 0 Å². The lowest BCUT2D eigenvalue weighted by atomic mass is 9.97. The predicted molar refractivity (Wildman–Crippen MR) is 79.7 cm³/mol. The quantitative estimate of drug-likeness (QED) is 0.853. The molecule has 6 nitrogen and oxygen atoms in total. The van der Waals surface area contributed by atoms with E-state index in [0.717, 1.165) is 25.7 Å². The van der Waals surface area contributed by atoms with Crippen molar-refractivity contribution < 1.29 is 9.32 Å². The summed E-state index contributed by atoms with van der Waals surface area (Å²) < 4.78 is 6.97. The Morgan fingerprint density at radius 3 is 2.59 bits per heavy atom. The molecule has 0 saturated carbocycles. The van der Waals surface area contributed by atoms with Gasteiger partial charge in [0.05, 0.1) is 17.3 Å². The Morgan fingerprint density at radius 2 is 2.05 bits per heavy atom. The molecule has 0 aliphatic carbocycles. The second-order valence-corrected chi connectivity index (χ2v) is 6.62. The third-order valence-corrected chi connectivity index (χ3v) is 4.93. The largest absolute Gasteiger partial charge is 0.361 e. The number of piperidine rings is 1. The molecule has 2 unspecified atom stereocenters. The third kappa shape index (κ3) is 2.22. The molecule has 116 valence electrons. The fourth-order valence-electron chi connectivity index (χ4n) is 3.81. The van der Waals surface area contributed by atoms with Gasteiger partial charge >= 0.3 is 0 Å².